The van der Waals surface area contributed by atoms with E-state index in [1.54, 1.807) is 0 Å². The zero-order valence-corrected chi connectivity index (χ0v) is 16.1. The predicted octanol–water partition coefficient (Wildman–Crippen LogP) is 1.21. The monoisotopic (exact) mass is 409 g/mol. The highest BCUT2D eigenvalue weighted by molar-refractivity contribution is 14.0. The van der Waals surface area contributed by atoms with E-state index in [1.165, 1.54) is 45.6 Å². The molecule has 2 fully saturated rings. The number of guanidine groups is 1. The number of hydrogen-bond acceptors (Lipinski definition) is 3. The summed E-state index contributed by atoms with van der Waals surface area (Å²) in [7, 11) is 1.85. The molecule has 2 N–H and O–H groups in total. The Morgan fingerprint density at radius 2 is 1.86 bits per heavy atom. The molecule has 0 radical (unpaired) electrons. The zero-order valence-electron chi connectivity index (χ0n) is 13.8. The Morgan fingerprint density at radius 1 is 1.19 bits per heavy atom. The molecule has 1 saturated carbocycles. The van der Waals surface area contributed by atoms with Crippen LogP contribution in [0.4, 0.5) is 0 Å². The van der Waals surface area contributed by atoms with Crippen LogP contribution in [0, 0.1) is 5.92 Å². The van der Waals surface area contributed by atoms with Crippen molar-refractivity contribution in [1.82, 2.24) is 20.4 Å². The van der Waals surface area contributed by atoms with Crippen molar-refractivity contribution in [2.75, 3.05) is 52.9 Å². The lowest BCUT2D eigenvalue weighted by Crippen LogP contribution is -2.53. The van der Waals surface area contributed by atoms with Gasteiger partial charge in [-0.3, -0.25) is 9.89 Å². The molecule has 1 heterocycles. The Balaban J connectivity index is 0.00000220. The van der Waals surface area contributed by atoms with Crippen molar-refractivity contribution < 1.29 is 0 Å². The fourth-order valence-electron chi connectivity index (χ4n) is 2.68. The van der Waals surface area contributed by atoms with E-state index in [-0.39, 0.29) is 24.0 Å². The van der Waals surface area contributed by atoms with E-state index in [1.807, 2.05) is 7.05 Å². The van der Waals surface area contributed by atoms with E-state index in [4.69, 9.17) is 0 Å². The first-order valence-electron chi connectivity index (χ1n) is 8.13. The topological polar surface area (TPSA) is 42.9 Å². The Labute approximate surface area is 146 Å². The van der Waals surface area contributed by atoms with Crippen LogP contribution in [0.25, 0.3) is 0 Å². The third-order valence-electron chi connectivity index (χ3n) is 4.52. The molecule has 1 saturated heterocycles. The van der Waals surface area contributed by atoms with Crippen molar-refractivity contribution in [2.24, 2.45) is 10.9 Å². The summed E-state index contributed by atoms with van der Waals surface area (Å²) in [5.74, 6) is 1.84. The number of rotatable bonds is 6. The molecule has 5 nitrogen and oxygen atoms in total. The molecule has 1 atom stereocenters. The fraction of sp³-hybridized carbons (Fsp3) is 0.933. The first kappa shape index (κ1) is 19.0. The second kappa shape index (κ2) is 9.84. The van der Waals surface area contributed by atoms with E-state index in [0.29, 0.717) is 6.04 Å². The summed E-state index contributed by atoms with van der Waals surface area (Å²) in [6.07, 6.45) is 2.75. The van der Waals surface area contributed by atoms with Gasteiger partial charge in [0, 0.05) is 52.4 Å². The van der Waals surface area contributed by atoms with Gasteiger partial charge in [0.1, 0.15) is 0 Å². The van der Waals surface area contributed by atoms with Crippen LogP contribution < -0.4 is 10.6 Å². The van der Waals surface area contributed by atoms with E-state index < -0.39 is 0 Å². The molecule has 1 aliphatic heterocycles. The van der Waals surface area contributed by atoms with Crippen molar-refractivity contribution in [1.29, 1.82) is 0 Å². The Hall–Kier alpha value is -0.0800. The normalized spacial score (nSPS) is 22.5. The molecular formula is C15H32IN5. The first-order chi connectivity index (χ1) is 9.72. The average molecular weight is 409 g/mol. The molecule has 0 aromatic heterocycles. The third-order valence-corrected chi connectivity index (χ3v) is 4.52. The zero-order chi connectivity index (χ0) is 14.4. The maximum atomic E-state index is 4.30. The Morgan fingerprint density at radius 3 is 2.38 bits per heavy atom. The molecule has 1 aliphatic carbocycles. The summed E-state index contributed by atoms with van der Waals surface area (Å²) in [5, 5.41) is 6.88. The van der Waals surface area contributed by atoms with Crippen LogP contribution in [0.5, 0.6) is 0 Å². The first-order valence-corrected chi connectivity index (χ1v) is 8.13. The van der Waals surface area contributed by atoms with Crippen LogP contribution in [0.15, 0.2) is 4.99 Å². The Bertz CT molecular complexity index is 311. The maximum absolute atomic E-state index is 4.30. The summed E-state index contributed by atoms with van der Waals surface area (Å²) < 4.78 is 0. The van der Waals surface area contributed by atoms with Gasteiger partial charge in [-0.2, -0.15) is 0 Å². The highest BCUT2D eigenvalue weighted by atomic mass is 127. The van der Waals surface area contributed by atoms with Gasteiger partial charge in [-0.25, -0.2) is 0 Å². The lowest BCUT2D eigenvalue weighted by Gasteiger charge is -2.37. The molecule has 2 aliphatic rings. The maximum Gasteiger partial charge on any atom is 0.191 e. The lowest BCUT2D eigenvalue weighted by molar-refractivity contribution is 0.107. The summed E-state index contributed by atoms with van der Waals surface area (Å²) in [6, 6.07) is 0.563. The van der Waals surface area contributed by atoms with E-state index in [9.17, 15) is 0 Å². The van der Waals surface area contributed by atoms with Gasteiger partial charge in [-0.05, 0) is 32.2 Å². The van der Waals surface area contributed by atoms with Gasteiger partial charge in [0.05, 0.1) is 0 Å². The number of halogens is 1. The minimum absolute atomic E-state index is 0. The van der Waals surface area contributed by atoms with Gasteiger partial charge in [-0.1, -0.05) is 6.92 Å². The number of piperazine rings is 1. The number of nitrogens with zero attached hydrogens (tertiary/aromatic N) is 3. The molecule has 21 heavy (non-hydrogen) atoms. The second-order valence-corrected chi connectivity index (χ2v) is 6.10. The molecule has 1 unspecified atom stereocenters. The molecule has 0 bridgehead atoms. The molecular weight excluding hydrogens is 377 g/mol. The predicted molar refractivity (Wildman–Crippen MR) is 101 cm³/mol. The summed E-state index contributed by atoms with van der Waals surface area (Å²) in [5.41, 5.74) is 0. The van der Waals surface area contributed by atoms with Gasteiger partial charge in [0.15, 0.2) is 5.96 Å². The van der Waals surface area contributed by atoms with Crippen LogP contribution in [-0.4, -0.2) is 74.7 Å². The van der Waals surface area contributed by atoms with Crippen molar-refractivity contribution in [3.05, 3.63) is 0 Å². The number of nitrogens with one attached hydrogen (secondary N) is 2. The van der Waals surface area contributed by atoms with Crippen LogP contribution in [0.3, 0.4) is 0 Å². The minimum atomic E-state index is 0. The number of likely N-dealkylation sites (N-methyl/N-ethyl adjacent to an activating group) is 1. The minimum Gasteiger partial charge on any atom is -0.356 e. The highest BCUT2D eigenvalue weighted by Gasteiger charge is 2.22. The molecule has 124 valence electrons. The van der Waals surface area contributed by atoms with E-state index in [2.05, 4.69) is 39.3 Å². The highest BCUT2D eigenvalue weighted by Crippen LogP contribution is 2.27. The lowest BCUT2D eigenvalue weighted by atomic mass is 10.2. The summed E-state index contributed by atoms with van der Waals surface area (Å²) in [6.45, 7) is 12.6. The molecule has 0 spiro atoms. The number of aliphatic imine (C=N–C) groups is 1. The second-order valence-electron chi connectivity index (χ2n) is 6.10. The molecule has 0 aromatic carbocycles. The van der Waals surface area contributed by atoms with Gasteiger partial charge >= 0.3 is 0 Å². The van der Waals surface area contributed by atoms with Crippen molar-refractivity contribution >= 4 is 29.9 Å². The summed E-state index contributed by atoms with van der Waals surface area (Å²) >= 11 is 0. The summed E-state index contributed by atoms with van der Waals surface area (Å²) in [4.78, 5) is 9.40. The number of hydrogen-bond donors (Lipinski definition) is 2. The Kier molecular flexibility index (Phi) is 8.89. The molecule has 0 amide bonds. The quantitative estimate of drug-likeness (QED) is 0.393. The third kappa shape index (κ3) is 6.69. The standard InChI is InChI=1S/C15H31N5.HI/c1-4-19-7-9-20(10-8-19)13(2)11-17-15(16-3)18-12-14-5-6-14;/h13-14H,4-12H2,1-3H3,(H2,16,17,18);1H. The van der Waals surface area contributed by atoms with Gasteiger partial charge in [0.2, 0.25) is 0 Å². The van der Waals surface area contributed by atoms with Crippen LogP contribution >= 0.6 is 24.0 Å². The van der Waals surface area contributed by atoms with Gasteiger partial charge in [0.25, 0.3) is 0 Å². The fourth-order valence-corrected chi connectivity index (χ4v) is 2.68. The van der Waals surface area contributed by atoms with Crippen molar-refractivity contribution in [3.63, 3.8) is 0 Å². The van der Waals surface area contributed by atoms with E-state index in [0.717, 1.165) is 25.0 Å². The molecule has 0 aromatic rings. The largest absolute Gasteiger partial charge is 0.356 e. The van der Waals surface area contributed by atoms with Crippen LogP contribution in [0.1, 0.15) is 26.7 Å². The average Bonchev–Trinajstić information content (AvgIpc) is 3.31. The van der Waals surface area contributed by atoms with Crippen LogP contribution in [-0.2, 0) is 0 Å². The molecule has 2 rings (SSSR count). The van der Waals surface area contributed by atoms with Gasteiger partial charge < -0.3 is 15.5 Å². The van der Waals surface area contributed by atoms with Crippen molar-refractivity contribution in [2.45, 2.75) is 32.7 Å². The van der Waals surface area contributed by atoms with Crippen LogP contribution in [0.2, 0.25) is 0 Å². The smallest absolute Gasteiger partial charge is 0.191 e. The van der Waals surface area contributed by atoms with Crippen molar-refractivity contribution in [3.8, 4) is 0 Å². The molecule has 6 heteroatoms. The van der Waals surface area contributed by atoms with E-state index >= 15 is 0 Å². The SMILES string of the molecule is CCN1CCN(C(C)CNC(=NC)NCC2CC2)CC1.I. The van der Waals surface area contributed by atoms with Gasteiger partial charge in [-0.15, -0.1) is 24.0 Å².